The molecular formula is C16H16N2OS3. The maximum Gasteiger partial charge on any atom is 0.270 e. The molecule has 2 aliphatic heterocycles. The molecule has 0 atom stereocenters. The summed E-state index contributed by atoms with van der Waals surface area (Å²) in [6.07, 6.45) is 3.94. The van der Waals surface area contributed by atoms with E-state index in [2.05, 4.69) is 11.8 Å². The summed E-state index contributed by atoms with van der Waals surface area (Å²) < 4.78 is 0.590. The first-order chi connectivity index (χ1) is 10.7. The third-order valence-corrected chi connectivity index (χ3v) is 5.89. The molecule has 0 aromatic heterocycles. The van der Waals surface area contributed by atoms with Gasteiger partial charge in [0.15, 0.2) is 4.32 Å². The van der Waals surface area contributed by atoms with Gasteiger partial charge >= 0.3 is 0 Å². The minimum Gasteiger partial charge on any atom is -0.366 e. The predicted octanol–water partition coefficient (Wildman–Crippen LogP) is 3.85. The molecule has 2 saturated heterocycles. The zero-order valence-electron chi connectivity index (χ0n) is 12.2. The lowest BCUT2D eigenvalue weighted by Gasteiger charge is -2.15. The van der Waals surface area contributed by atoms with Gasteiger partial charge in [-0.2, -0.15) is 0 Å². The standard InChI is InChI=1S/C16H16N2OS3/c1-2-17-10-11-21-14(17)9-8-13-15(19)18(16(20)22-13)12-6-4-3-5-7-12/h3-9H,2,10-11H2,1H3/b13-8+,14-9?. The molecule has 0 aliphatic carbocycles. The molecule has 2 heterocycles. The first-order valence-electron chi connectivity index (χ1n) is 7.11. The largest absolute Gasteiger partial charge is 0.366 e. The Kier molecular flexibility index (Phi) is 4.90. The molecule has 2 fully saturated rings. The zero-order valence-corrected chi connectivity index (χ0v) is 14.6. The fourth-order valence-corrected chi connectivity index (χ4v) is 4.69. The van der Waals surface area contributed by atoms with Crippen LogP contribution in [-0.4, -0.2) is 34.0 Å². The van der Waals surface area contributed by atoms with Gasteiger partial charge in [0.1, 0.15) is 0 Å². The molecular weight excluding hydrogens is 332 g/mol. The van der Waals surface area contributed by atoms with Crippen LogP contribution in [0.5, 0.6) is 0 Å². The van der Waals surface area contributed by atoms with Crippen molar-refractivity contribution >= 4 is 51.7 Å². The summed E-state index contributed by atoms with van der Waals surface area (Å²) in [6.45, 7) is 4.22. The fourth-order valence-electron chi connectivity index (χ4n) is 2.36. The summed E-state index contributed by atoms with van der Waals surface area (Å²) in [7, 11) is 0. The first kappa shape index (κ1) is 15.6. The first-order valence-corrected chi connectivity index (χ1v) is 9.32. The third kappa shape index (κ3) is 3.09. The molecule has 0 N–H and O–H groups in total. The van der Waals surface area contributed by atoms with E-state index < -0.39 is 0 Å². The summed E-state index contributed by atoms with van der Waals surface area (Å²) in [5.74, 6) is 1.07. The average molecular weight is 349 g/mol. The van der Waals surface area contributed by atoms with Crippen molar-refractivity contribution in [2.24, 2.45) is 0 Å². The van der Waals surface area contributed by atoms with Crippen molar-refractivity contribution in [3.05, 3.63) is 52.4 Å². The minimum atomic E-state index is -0.0379. The highest BCUT2D eigenvalue weighted by Gasteiger charge is 2.32. The van der Waals surface area contributed by atoms with Crippen LogP contribution in [0.15, 0.2) is 52.4 Å². The molecule has 0 spiro atoms. The quantitative estimate of drug-likeness (QED) is 0.610. The van der Waals surface area contributed by atoms with Crippen molar-refractivity contribution in [3.63, 3.8) is 0 Å². The van der Waals surface area contributed by atoms with Gasteiger partial charge in [-0.1, -0.05) is 42.2 Å². The van der Waals surface area contributed by atoms with Crippen LogP contribution in [0.2, 0.25) is 0 Å². The van der Waals surface area contributed by atoms with Gasteiger partial charge in [0.2, 0.25) is 0 Å². The number of hydrogen-bond donors (Lipinski definition) is 0. The van der Waals surface area contributed by atoms with E-state index in [9.17, 15) is 4.79 Å². The molecule has 1 aromatic rings. The van der Waals surface area contributed by atoms with Gasteiger partial charge in [0.25, 0.3) is 5.91 Å². The topological polar surface area (TPSA) is 23.6 Å². The lowest BCUT2D eigenvalue weighted by molar-refractivity contribution is -0.113. The number of nitrogens with zero attached hydrogens (tertiary/aromatic N) is 2. The average Bonchev–Trinajstić information content (AvgIpc) is 3.10. The molecule has 1 amide bonds. The molecule has 0 saturated carbocycles. The molecule has 2 aliphatic rings. The Bertz CT molecular complexity index is 655. The van der Waals surface area contributed by atoms with Crippen molar-refractivity contribution in [1.29, 1.82) is 0 Å². The fraction of sp³-hybridized carbons (Fsp3) is 0.250. The molecule has 1 aromatic carbocycles. The number of hydrogen-bond acceptors (Lipinski definition) is 5. The Morgan fingerprint density at radius 3 is 2.77 bits per heavy atom. The number of carbonyl (C=O) groups excluding carboxylic acids is 1. The van der Waals surface area contributed by atoms with Crippen molar-refractivity contribution in [3.8, 4) is 0 Å². The van der Waals surface area contributed by atoms with E-state index in [0.717, 1.165) is 24.5 Å². The van der Waals surface area contributed by atoms with Crippen LogP contribution >= 0.6 is 35.7 Å². The van der Waals surface area contributed by atoms with Gasteiger partial charge in [0.05, 0.1) is 15.6 Å². The molecule has 6 heteroatoms. The van der Waals surface area contributed by atoms with Crippen molar-refractivity contribution in [2.45, 2.75) is 6.92 Å². The number of carbonyl (C=O) groups is 1. The summed E-state index contributed by atoms with van der Waals surface area (Å²) >= 11 is 8.56. The SMILES string of the molecule is CCN1CCSC1=C/C=C1/SC(=S)N(c2ccccc2)C1=O. The normalized spacial score (nSPS) is 22.4. The van der Waals surface area contributed by atoms with Crippen LogP contribution < -0.4 is 4.90 Å². The maximum atomic E-state index is 12.6. The smallest absolute Gasteiger partial charge is 0.270 e. The highest BCUT2D eigenvalue weighted by molar-refractivity contribution is 8.27. The van der Waals surface area contributed by atoms with E-state index in [1.807, 2.05) is 54.2 Å². The van der Waals surface area contributed by atoms with Crippen LogP contribution in [-0.2, 0) is 4.79 Å². The second-order valence-corrected chi connectivity index (χ2v) is 7.60. The summed E-state index contributed by atoms with van der Waals surface area (Å²) in [5.41, 5.74) is 0.825. The highest BCUT2D eigenvalue weighted by atomic mass is 32.2. The lowest BCUT2D eigenvalue weighted by atomic mass is 10.3. The van der Waals surface area contributed by atoms with Gasteiger partial charge in [0, 0.05) is 18.8 Å². The van der Waals surface area contributed by atoms with Crippen LogP contribution in [0.4, 0.5) is 5.69 Å². The van der Waals surface area contributed by atoms with E-state index in [1.54, 1.807) is 4.90 Å². The Hall–Kier alpha value is -1.24. The lowest BCUT2D eigenvalue weighted by Crippen LogP contribution is -2.27. The van der Waals surface area contributed by atoms with E-state index >= 15 is 0 Å². The van der Waals surface area contributed by atoms with E-state index in [0.29, 0.717) is 9.23 Å². The van der Waals surface area contributed by atoms with E-state index in [4.69, 9.17) is 12.2 Å². The number of benzene rings is 1. The molecule has 22 heavy (non-hydrogen) atoms. The molecule has 3 rings (SSSR count). The second-order valence-electron chi connectivity index (χ2n) is 4.81. The molecule has 0 unspecified atom stereocenters. The van der Waals surface area contributed by atoms with Crippen LogP contribution in [0.25, 0.3) is 0 Å². The van der Waals surface area contributed by atoms with Gasteiger partial charge in [-0.15, -0.1) is 11.8 Å². The summed E-state index contributed by atoms with van der Waals surface area (Å²) in [5, 5.41) is 1.23. The minimum absolute atomic E-state index is 0.0379. The molecule has 0 bridgehead atoms. The molecule has 3 nitrogen and oxygen atoms in total. The third-order valence-electron chi connectivity index (χ3n) is 3.49. The van der Waals surface area contributed by atoms with E-state index in [1.165, 1.54) is 16.8 Å². The second kappa shape index (κ2) is 6.89. The number of thioether (sulfide) groups is 2. The van der Waals surface area contributed by atoms with E-state index in [-0.39, 0.29) is 5.91 Å². The van der Waals surface area contributed by atoms with Crippen LogP contribution in [0.1, 0.15) is 6.92 Å². The Balaban J connectivity index is 1.82. The van der Waals surface area contributed by atoms with Crippen molar-refractivity contribution in [1.82, 2.24) is 4.90 Å². The number of rotatable bonds is 3. The van der Waals surface area contributed by atoms with Gasteiger partial charge in [-0.05, 0) is 31.2 Å². The number of anilines is 1. The Morgan fingerprint density at radius 2 is 2.05 bits per heavy atom. The van der Waals surface area contributed by atoms with Gasteiger partial charge in [-0.3, -0.25) is 9.69 Å². The number of amides is 1. The summed E-state index contributed by atoms with van der Waals surface area (Å²) in [4.78, 5) is 17.2. The van der Waals surface area contributed by atoms with Crippen molar-refractivity contribution in [2.75, 3.05) is 23.7 Å². The predicted molar refractivity (Wildman–Crippen MR) is 100.0 cm³/mol. The zero-order chi connectivity index (χ0) is 15.5. The van der Waals surface area contributed by atoms with Crippen LogP contribution in [0.3, 0.4) is 0 Å². The number of para-hydroxylation sites is 1. The molecule has 114 valence electrons. The highest BCUT2D eigenvalue weighted by Crippen LogP contribution is 2.35. The number of allylic oxidation sites excluding steroid dienone is 2. The van der Waals surface area contributed by atoms with Gasteiger partial charge < -0.3 is 4.90 Å². The van der Waals surface area contributed by atoms with Crippen molar-refractivity contribution < 1.29 is 4.79 Å². The Labute approximate surface area is 144 Å². The molecule has 0 radical (unpaired) electrons. The number of thiocarbonyl (C=S) groups is 1. The van der Waals surface area contributed by atoms with Crippen LogP contribution in [0, 0.1) is 0 Å². The summed E-state index contributed by atoms with van der Waals surface area (Å²) in [6, 6.07) is 9.55. The monoisotopic (exact) mass is 348 g/mol. The Morgan fingerprint density at radius 1 is 1.27 bits per heavy atom. The maximum absolute atomic E-state index is 12.6. The van der Waals surface area contributed by atoms with Gasteiger partial charge in [-0.25, -0.2) is 0 Å².